The third kappa shape index (κ3) is 5.02. The van der Waals surface area contributed by atoms with Gasteiger partial charge in [-0.25, -0.2) is 9.97 Å². The van der Waals surface area contributed by atoms with Gasteiger partial charge in [0.05, 0.1) is 12.6 Å². The minimum absolute atomic E-state index is 0.277. The molecule has 0 aliphatic heterocycles. The van der Waals surface area contributed by atoms with E-state index >= 15 is 0 Å². The van der Waals surface area contributed by atoms with Crippen molar-refractivity contribution in [3.8, 4) is 5.75 Å². The molecular weight excluding hydrogens is 366 g/mol. The number of para-hydroxylation sites is 2. The molecule has 136 valence electrons. The number of nitrogens with one attached hydrogen (secondary N) is 1. The van der Waals surface area contributed by atoms with Gasteiger partial charge in [0.1, 0.15) is 11.6 Å². The Hall–Kier alpha value is -1.98. The molecule has 1 N–H and O–H groups in total. The normalized spacial score (nSPS) is 10.8. The third-order valence-corrected chi connectivity index (χ3v) is 5.33. The Balaban J connectivity index is 1.41. The number of ether oxygens (including phenoxy) is 1. The number of fused-ring (bicyclic) bond motifs is 1. The van der Waals surface area contributed by atoms with E-state index in [-0.39, 0.29) is 5.28 Å². The summed E-state index contributed by atoms with van der Waals surface area (Å²) in [6.45, 7) is 0.872. The summed E-state index contributed by atoms with van der Waals surface area (Å²) in [4.78, 5) is 9.77. The van der Waals surface area contributed by atoms with E-state index in [1.54, 1.807) is 7.11 Å². The number of unbranched alkanes of at least 4 members (excludes halogenated alkanes) is 2. The second-order valence-corrected chi connectivity index (χ2v) is 7.32. The number of nitrogens with zero attached hydrogens (tertiary/aromatic N) is 2. The third-order valence-electron chi connectivity index (χ3n) is 4.02. The van der Waals surface area contributed by atoms with E-state index in [9.17, 15) is 0 Å². The van der Waals surface area contributed by atoms with Crippen molar-refractivity contribution >= 4 is 40.1 Å². The summed E-state index contributed by atoms with van der Waals surface area (Å²) in [5.74, 6) is 2.85. The van der Waals surface area contributed by atoms with E-state index < -0.39 is 0 Å². The summed E-state index contributed by atoms with van der Waals surface area (Å²) in [7, 11) is 1.72. The first-order chi connectivity index (χ1) is 12.8. The van der Waals surface area contributed by atoms with Crippen molar-refractivity contribution in [1.82, 2.24) is 9.97 Å². The highest BCUT2D eigenvalue weighted by Gasteiger charge is 2.05. The SMILES string of the molecule is COc1ccccc1SCCCCCNc1nc(Cl)nc2ccccc12. The molecule has 0 radical (unpaired) electrons. The molecule has 0 saturated carbocycles. The fraction of sp³-hybridized carbons (Fsp3) is 0.300. The maximum atomic E-state index is 6.01. The van der Waals surface area contributed by atoms with Gasteiger partial charge in [0.15, 0.2) is 0 Å². The standard InChI is InChI=1S/C20H22ClN3OS/c1-25-17-11-5-6-12-18(17)26-14-8-2-7-13-22-19-15-9-3-4-10-16(15)23-20(21)24-19/h3-6,9-12H,2,7-8,13-14H2,1H3,(H,22,23,24). The minimum atomic E-state index is 0.277. The van der Waals surface area contributed by atoms with Crippen molar-refractivity contribution in [1.29, 1.82) is 0 Å². The van der Waals surface area contributed by atoms with Crippen molar-refractivity contribution in [3.63, 3.8) is 0 Å². The number of anilines is 1. The average Bonchev–Trinajstić information content (AvgIpc) is 2.67. The van der Waals surface area contributed by atoms with E-state index in [2.05, 4.69) is 21.4 Å². The summed E-state index contributed by atoms with van der Waals surface area (Å²) in [5, 5.41) is 4.67. The summed E-state index contributed by atoms with van der Waals surface area (Å²) < 4.78 is 5.38. The first-order valence-corrected chi connectivity index (χ1v) is 10.1. The number of aromatic nitrogens is 2. The van der Waals surface area contributed by atoms with Crippen LogP contribution in [0, 0.1) is 0 Å². The molecule has 0 bridgehead atoms. The number of rotatable bonds is 9. The second-order valence-electron chi connectivity index (χ2n) is 5.85. The van der Waals surface area contributed by atoms with Crippen molar-refractivity contribution in [2.45, 2.75) is 24.2 Å². The highest BCUT2D eigenvalue weighted by molar-refractivity contribution is 7.99. The van der Waals surface area contributed by atoms with E-state index in [1.165, 1.54) is 4.90 Å². The smallest absolute Gasteiger partial charge is 0.224 e. The van der Waals surface area contributed by atoms with Crippen LogP contribution in [0.15, 0.2) is 53.4 Å². The molecule has 0 unspecified atom stereocenters. The summed E-state index contributed by atoms with van der Waals surface area (Å²) in [6.07, 6.45) is 3.41. The number of halogens is 1. The van der Waals surface area contributed by atoms with Gasteiger partial charge in [-0.3, -0.25) is 0 Å². The first kappa shape index (κ1) is 18.8. The molecule has 4 nitrogen and oxygen atoms in total. The van der Waals surface area contributed by atoms with Crippen molar-refractivity contribution in [3.05, 3.63) is 53.8 Å². The Kier molecular flexibility index (Phi) is 6.97. The number of hydrogen-bond donors (Lipinski definition) is 1. The molecular formula is C20H22ClN3OS. The number of benzene rings is 2. The van der Waals surface area contributed by atoms with Gasteiger partial charge in [-0.05, 0) is 54.5 Å². The molecule has 1 heterocycles. The zero-order valence-electron chi connectivity index (χ0n) is 14.7. The molecule has 0 fully saturated rings. The lowest BCUT2D eigenvalue weighted by Crippen LogP contribution is -2.05. The summed E-state index contributed by atoms with van der Waals surface area (Å²) in [6, 6.07) is 16.1. The maximum absolute atomic E-state index is 6.01. The lowest BCUT2D eigenvalue weighted by atomic mass is 10.2. The molecule has 26 heavy (non-hydrogen) atoms. The van der Waals surface area contributed by atoms with Crippen LogP contribution in [0.1, 0.15) is 19.3 Å². The molecule has 0 saturated heterocycles. The highest BCUT2D eigenvalue weighted by Crippen LogP contribution is 2.29. The minimum Gasteiger partial charge on any atom is -0.496 e. The zero-order valence-corrected chi connectivity index (χ0v) is 16.3. The van der Waals surface area contributed by atoms with E-state index in [1.807, 2.05) is 54.2 Å². The van der Waals surface area contributed by atoms with Crippen LogP contribution >= 0.6 is 23.4 Å². The van der Waals surface area contributed by atoms with Gasteiger partial charge < -0.3 is 10.1 Å². The largest absolute Gasteiger partial charge is 0.496 e. The monoisotopic (exact) mass is 387 g/mol. The molecule has 0 atom stereocenters. The van der Waals surface area contributed by atoms with Gasteiger partial charge >= 0.3 is 0 Å². The summed E-state index contributed by atoms with van der Waals surface area (Å²) >= 11 is 7.86. The lowest BCUT2D eigenvalue weighted by Gasteiger charge is -2.09. The van der Waals surface area contributed by atoms with Crippen LogP contribution < -0.4 is 10.1 Å². The van der Waals surface area contributed by atoms with Gasteiger partial charge in [0.25, 0.3) is 0 Å². The maximum Gasteiger partial charge on any atom is 0.224 e. The average molecular weight is 388 g/mol. The number of methoxy groups -OCH3 is 1. The Morgan fingerprint density at radius 2 is 1.81 bits per heavy atom. The molecule has 0 spiro atoms. The fourth-order valence-electron chi connectivity index (χ4n) is 2.71. The Bertz CT molecular complexity index is 859. The Morgan fingerprint density at radius 3 is 2.69 bits per heavy atom. The molecule has 3 aromatic rings. The zero-order chi connectivity index (χ0) is 18.2. The quantitative estimate of drug-likeness (QED) is 0.291. The van der Waals surface area contributed by atoms with Crippen molar-refractivity contribution in [2.24, 2.45) is 0 Å². The Morgan fingerprint density at radius 1 is 1.00 bits per heavy atom. The van der Waals surface area contributed by atoms with E-state index in [4.69, 9.17) is 16.3 Å². The molecule has 0 aliphatic rings. The molecule has 2 aromatic carbocycles. The predicted molar refractivity (Wildman–Crippen MR) is 111 cm³/mol. The van der Waals surface area contributed by atoms with E-state index in [0.29, 0.717) is 0 Å². The van der Waals surface area contributed by atoms with Gasteiger partial charge in [0, 0.05) is 16.8 Å². The molecule has 6 heteroatoms. The van der Waals surface area contributed by atoms with Gasteiger partial charge in [-0.2, -0.15) is 0 Å². The molecule has 0 amide bonds. The predicted octanol–water partition coefficient (Wildman–Crippen LogP) is 5.67. The van der Waals surface area contributed by atoms with Gasteiger partial charge in [-0.15, -0.1) is 11.8 Å². The van der Waals surface area contributed by atoms with Crippen LogP contribution in [0.2, 0.25) is 5.28 Å². The summed E-state index contributed by atoms with van der Waals surface area (Å²) in [5.41, 5.74) is 0.864. The van der Waals surface area contributed by atoms with Crippen LogP contribution in [-0.2, 0) is 0 Å². The molecule has 0 aliphatic carbocycles. The van der Waals surface area contributed by atoms with E-state index in [0.717, 1.165) is 54.0 Å². The topological polar surface area (TPSA) is 47.0 Å². The fourth-order valence-corrected chi connectivity index (χ4v) is 3.93. The number of hydrogen-bond acceptors (Lipinski definition) is 5. The second kappa shape index (κ2) is 9.64. The van der Waals surface area contributed by atoms with Crippen molar-refractivity contribution in [2.75, 3.05) is 24.7 Å². The van der Waals surface area contributed by atoms with Crippen LogP contribution in [0.25, 0.3) is 10.9 Å². The van der Waals surface area contributed by atoms with Gasteiger partial charge in [-0.1, -0.05) is 30.7 Å². The van der Waals surface area contributed by atoms with Crippen LogP contribution in [-0.4, -0.2) is 29.4 Å². The van der Waals surface area contributed by atoms with Crippen molar-refractivity contribution < 1.29 is 4.74 Å². The van der Waals surface area contributed by atoms with Crippen LogP contribution in [0.5, 0.6) is 5.75 Å². The van der Waals surface area contributed by atoms with Crippen LogP contribution in [0.4, 0.5) is 5.82 Å². The lowest BCUT2D eigenvalue weighted by molar-refractivity contribution is 0.405. The van der Waals surface area contributed by atoms with Gasteiger partial charge in [0.2, 0.25) is 5.28 Å². The van der Waals surface area contributed by atoms with Crippen LogP contribution in [0.3, 0.4) is 0 Å². The molecule has 1 aromatic heterocycles. The number of thioether (sulfide) groups is 1. The highest BCUT2D eigenvalue weighted by atomic mass is 35.5. The molecule has 3 rings (SSSR count). The Labute approximate surface area is 163 Å². The first-order valence-electron chi connectivity index (χ1n) is 8.70.